The van der Waals surface area contributed by atoms with Crippen molar-refractivity contribution in [1.29, 1.82) is 0 Å². The largest absolute Gasteiger partial charge is 0.373 e. The molecule has 2 aromatic rings. The minimum atomic E-state index is 0.246. The second-order valence-corrected chi connectivity index (χ2v) is 5.89. The Balaban J connectivity index is 2.10. The van der Waals surface area contributed by atoms with E-state index >= 15 is 0 Å². The number of benzene rings is 1. The predicted molar refractivity (Wildman–Crippen MR) is 79.2 cm³/mol. The standard InChI is InChI=1S/C13H12ClIN2O/c1-8-6-12-11(7-18-8)13(15)16-17(12)10-4-2-9(14)3-5-10/h2-5,8H,6-7H2,1H3/t8-/m0/s1. The van der Waals surface area contributed by atoms with Gasteiger partial charge in [0.25, 0.3) is 0 Å². The van der Waals surface area contributed by atoms with Crippen LogP contribution in [0.3, 0.4) is 0 Å². The van der Waals surface area contributed by atoms with E-state index in [9.17, 15) is 0 Å². The molecule has 1 atom stereocenters. The van der Waals surface area contributed by atoms with Crippen LogP contribution in [0.1, 0.15) is 18.2 Å². The van der Waals surface area contributed by atoms with Gasteiger partial charge in [0, 0.05) is 17.0 Å². The number of hydrogen-bond acceptors (Lipinski definition) is 2. The molecule has 0 saturated heterocycles. The van der Waals surface area contributed by atoms with Crippen molar-refractivity contribution in [2.24, 2.45) is 0 Å². The van der Waals surface area contributed by atoms with Crippen LogP contribution in [0.15, 0.2) is 24.3 Å². The van der Waals surface area contributed by atoms with Crippen LogP contribution in [0.25, 0.3) is 5.69 Å². The van der Waals surface area contributed by atoms with Gasteiger partial charge in [0.05, 0.1) is 24.1 Å². The zero-order chi connectivity index (χ0) is 12.7. The summed E-state index contributed by atoms with van der Waals surface area (Å²) in [7, 11) is 0. The van der Waals surface area contributed by atoms with Crippen LogP contribution >= 0.6 is 34.2 Å². The Morgan fingerprint density at radius 2 is 2.11 bits per heavy atom. The van der Waals surface area contributed by atoms with E-state index in [0.29, 0.717) is 6.61 Å². The molecule has 0 amide bonds. The third kappa shape index (κ3) is 2.17. The maximum atomic E-state index is 5.92. The zero-order valence-corrected chi connectivity index (χ0v) is 12.8. The minimum Gasteiger partial charge on any atom is -0.373 e. The van der Waals surface area contributed by atoms with Crippen molar-refractivity contribution in [2.75, 3.05) is 0 Å². The molecule has 0 saturated carbocycles. The van der Waals surface area contributed by atoms with Gasteiger partial charge in [-0.1, -0.05) is 11.6 Å². The molecule has 3 rings (SSSR count). The summed E-state index contributed by atoms with van der Waals surface area (Å²) >= 11 is 8.19. The lowest BCUT2D eigenvalue weighted by molar-refractivity contribution is 0.0395. The molecule has 94 valence electrons. The first-order chi connectivity index (χ1) is 8.65. The van der Waals surface area contributed by atoms with Gasteiger partial charge < -0.3 is 4.74 Å². The van der Waals surface area contributed by atoms with Gasteiger partial charge in [-0.25, -0.2) is 4.68 Å². The van der Waals surface area contributed by atoms with Crippen molar-refractivity contribution < 1.29 is 4.74 Å². The van der Waals surface area contributed by atoms with E-state index < -0.39 is 0 Å². The third-order valence-electron chi connectivity index (χ3n) is 3.11. The first-order valence-electron chi connectivity index (χ1n) is 5.79. The fourth-order valence-electron chi connectivity index (χ4n) is 2.16. The molecule has 0 fully saturated rings. The SMILES string of the molecule is C[C@H]1Cc2c(c(I)nn2-c2ccc(Cl)cc2)CO1. The second kappa shape index (κ2) is 4.83. The highest BCUT2D eigenvalue weighted by Gasteiger charge is 2.24. The molecule has 18 heavy (non-hydrogen) atoms. The number of ether oxygens (including phenoxy) is 1. The van der Waals surface area contributed by atoms with Crippen LogP contribution in [0.2, 0.25) is 5.02 Å². The summed E-state index contributed by atoms with van der Waals surface area (Å²) in [5.74, 6) is 0. The van der Waals surface area contributed by atoms with Crippen molar-refractivity contribution in [3.8, 4) is 5.69 Å². The number of halogens is 2. The van der Waals surface area contributed by atoms with Crippen LogP contribution in [0.4, 0.5) is 0 Å². The summed E-state index contributed by atoms with van der Waals surface area (Å²) in [5, 5.41) is 5.35. The fraction of sp³-hybridized carbons (Fsp3) is 0.308. The average Bonchev–Trinajstić information content (AvgIpc) is 2.67. The van der Waals surface area contributed by atoms with E-state index in [1.807, 2.05) is 28.9 Å². The van der Waals surface area contributed by atoms with Crippen LogP contribution in [-0.2, 0) is 17.8 Å². The van der Waals surface area contributed by atoms with Crippen molar-refractivity contribution >= 4 is 34.2 Å². The topological polar surface area (TPSA) is 27.1 Å². The molecule has 0 N–H and O–H groups in total. The average molecular weight is 375 g/mol. The molecule has 1 aliphatic rings. The summed E-state index contributed by atoms with van der Waals surface area (Å²) in [5.41, 5.74) is 3.51. The van der Waals surface area contributed by atoms with Gasteiger partial charge in [0.15, 0.2) is 0 Å². The molecule has 0 unspecified atom stereocenters. The Bertz CT molecular complexity index is 579. The van der Waals surface area contributed by atoms with Gasteiger partial charge in [-0.3, -0.25) is 0 Å². The van der Waals surface area contributed by atoms with Gasteiger partial charge in [0.1, 0.15) is 3.70 Å². The van der Waals surface area contributed by atoms with E-state index in [0.717, 1.165) is 20.8 Å². The van der Waals surface area contributed by atoms with Crippen LogP contribution in [0, 0.1) is 3.70 Å². The molecule has 1 aromatic heterocycles. The summed E-state index contributed by atoms with van der Waals surface area (Å²) in [6, 6.07) is 7.76. The van der Waals surface area contributed by atoms with E-state index in [1.165, 1.54) is 11.3 Å². The first kappa shape index (κ1) is 12.4. The molecule has 1 aliphatic heterocycles. The Morgan fingerprint density at radius 3 is 2.83 bits per heavy atom. The van der Waals surface area contributed by atoms with E-state index in [-0.39, 0.29) is 6.10 Å². The maximum Gasteiger partial charge on any atom is 0.129 e. The van der Waals surface area contributed by atoms with Crippen molar-refractivity contribution in [3.05, 3.63) is 44.2 Å². The van der Waals surface area contributed by atoms with Crippen LogP contribution in [0.5, 0.6) is 0 Å². The zero-order valence-electron chi connectivity index (χ0n) is 9.86. The van der Waals surface area contributed by atoms with Gasteiger partial charge >= 0.3 is 0 Å². The predicted octanol–water partition coefficient (Wildman–Crippen LogP) is 3.59. The number of fused-ring (bicyclic) bond motifs is 1. The Kier molecular flexibility index (Phi) is 3.34. The normalized spacial score (nSPS) is 18.7. The molecule has 1 aromatic carbocycles. The monoisotopic (exact) mass is 374 g/mol. The summed E-state index contributed by atoms with van der Waals surface area (Å²) in [4.78, 5) is 0. The molecule has 0 radical (unpaired) electrons. The van der Waals surface area contributed by atoms with Gasteiger partial charge in [-0.05, 0) is 53.8 Å². The molecule has 3 nitrogen and oxygen atoms in total. The van der Waals surface area contributed by atoms with Crippen LogP contribution in [-0.4, -0.2) is 15.9 Å². The number of rotatable bonds is 1. The first-order valence-corrected chi connectivity index (χ1v) is 7.24. The summed E-state index contributed by atoms with van der Waals surface area (Å²) < 4.78 is 8.70. The number of aromatic nitrogens is 2. The van der Waals surface area contributed by atoms with E-state index in [4.69, 9.17) is 16.3 Å². The Labute approximate surface area is 124 Å². The van der Waals surface area contributed by atoms with Gasteiger partial charge in [-0.2, -0.15) is 5.10 Å². The molecule has 0 aliphatic carbocycles. The highest BCUT2D eigenvalue weighted by molar-refractivity contribution is 14.1. The number of nitrogens with zero attached hydrogens (tertiary/aromatic N) is 2. The molecule has 2 heterocycles. The van der Waals surface area contributed by atoms with E-state index in [1.54, 1.807) is 0 Å². The summed E-state index contributed by atoms with van der Waals surface area (Å²) in [6.45, 7) is 2.75. The number of hydrogen-bond donors (Lipinski definition) is 0. The van der Waals surface area contributed by atoms with E-state index in [2.05, 4.69) is 34.6 Å². The van der Waals surface area contributed by atoms with Crippen molar-refractivity contribution in [1.82, 2.24) is 9.78 Å². The molecule has 0 bridgehead atoms. The minimum absolute atomic E-state index is 0.246. The lowest BCUT2D eigenvalue weighted by Gasteiger charge is -2.20. The fourth-order valence-corrected chi connectivity index (χ4v) is 2.97. The highest BCUT2D eigenvalue weighted by atomic mass is 127. The lowest BCUT2D eigenvalue weighted by atomic mass is 10.1. The molecule has 0 spiro atoms. The molecular formula is C13H12ClIN2O. The third-order valence-corrected chi connectivity index (χ3v) is 4.22. The van der Waals surface area contributed by atoms with Gasteiger partial charge in [0.2, 0.25) is 0 Å². The van der Waals surface area contributed by atoms with Crippen molar-refractivity contribution in [2.45, 2.75) is 26.1 Å². The molecular weight excluding hydrogens is 363 g/mol. The second-order valence-electron chi connectivity index (χ2n) is 4.43. The summed E-state index contributed by atoms with van der Waals surface area (Å²) in [6.07, 6.45) is 1.14. The van der Waals surface area contributed by atoms with Crippen LogP contribution < -0.4 is 0 Å². The van der Waals surface area contributed by atoms with Crippen molar-refractivity contribution in [3.63, 3.8) is 0 Å². The smallest absolute Gasteiger partial charge is 0.129 e. The Hall–Kier alpha value is -0.590. The Morgan fingerprint density at radius 1 is 1.39 bits per heavy atom. The quantitative estimate of drug-likeness (QED) is 0.713. The highest BCUT2D eigenvalue weighted by Crippen LogP contribution is 2.27. The lowest BCUT2D eigenvalue weighted by Crippen LogP contribution is -2.20. The molecule has 5 heteroatoms. The van der Waals surface area contributed by atoms with Gasteiger partial charge in [-0.15, -0.1) is 0 Å². The maximum absolute atomic E-state index is 5.92.